The number of amides is 1. The highest BCUT2D eigenvalue weighted by atomic mass is 19.4. The standard InChI is InChI=1S/C23H23F3N2O4/c1-15-21(16(2)32-28-15)13-31-20-5-3-4-19(10-20)22(29)27-11-17-6-8-18(9-7-17)12-30-14-23(24,25)26/h3-10H,11-14H2,1-2H3,(H,27,29). The van der Waals surface area contributed by atoms with Gasteiger partial charge in [0.15, 0.2) is 0 Å². The van der Waals surface area contributed by atoms with Gasteiger partial charge in [-0.1, -0.05) is 35.5 Å². The molecule has 170 valence electrons. The summed E-state index contributed by atoms with van der Waals surface area (Å²) < 4.78 is 51.9. The molecule has 0 saturated heterocycles. The maximum absolute atomic E-state index is 12.5. The van der Waals surface area contributed by atoms with Crippen LogP contribution in [0.1, 0.15) is 38.5 Å². The van der Waals surface area contributed by atoms with Gasteiger partial charge in [0.1, 0.15) is 24.7 Å². The first-order valence-electron chi connectivity index (χ1n) is 9.86. The van der Waals surface area contributed by atoms with Crippen molar-refractivity contribution in [3.8, 4) is 5.75 Å². The number of nitrogens with one attached hydrogen (secondary N) is 1. The van der Waals surface area contributed by atoms with Crippen molar-refractivity contribution in [2.24, 2.45) is 0 Å². The van der Waals surface area contributed by atoms with E-state index in [4.69, 9.17) is 9.26 Å². The van der Waals surface area contributed by atoms with E-state index in [1.165, 1.54) is 0 Å². The second-order valence-corrected chi connectivity index (χ2v) is 7.23. The third kappa shape index (κ3) is 6.84. The van der Waals surface area contributed by atoms with Crippen LogP contribution < -0.4 is 10.1 Å². The average molecular weight is 448 g/mol. The van der Waals surface area contributed by atoms with Gasteiger partial charge in [-0.15, -0.1) is 0 Å². The number of aryl methyl sites for hydroxylation is 2. The molecular weight excluding hydrogens is 425 g/mol. The van der Waals surface area contributed by atoms with Crippen molar-refractivity contribution >= 4 is 5.91 Å². The quantitative estimate of drug-likeness (QED) is 0.505. The lowest BCUT2D eigenvalue weighted by Crippen LogP contribution is -2.22. The van der Waals surface area contributed by atoms with Crippen molar-refractivity contribution in [2.75, 3.05) is 6.61 Å². The molecule has 0 fully saturated rings. The Morgan fingerprint density at radius 2 is 1.78 bits per heavy atom. The summed E-state index contributed by atoms with van der Waals surface area (Å²) in [6.45, 7) is 2.78. The van der Waals surface area contributed by atoms with Crippen LogP contribution in [0.25, 0.3) is 0 Å². The van der Waals surface area contributed by atoms with Crippen LogP contribution in [0.3, 0.4) is 0 Å². The zero-order chi connectivity index (χ0) is 23.1. The van der Waals surface area contributed by atoms with Gasteiger partial charge >= 0.3 is 6.18 Å². The summed E-state index contributed by atoms with van der Waals surface area (Å²) in [5.41, 5.74) is 3.50. The molecule has 0 spiro atoms. The predicted molar refractivity (Wildman–Crippen MR) is 110 cm³/mol. The number of benzene rings is 2. The fourth-order valence-corrected chi connectivity index (χ4v) is 2.91. The van der Waals surface area contributed by atoms with Gasteiger partial charge in [-0.3, -0.25) is 4.79 Å². The Kier molecular flexibility index (Phi) is 7.53. The topological polar surface area (TPSA) is 73.6 Å². The summed E-state index contributed by atoms with van der Waals surface area (Å²) in [4.78, 5) is 12.5. The van der Waals surface area contributed by atoms with E-state index < -0.39 is 12.8 Å². The molecule has 2 aromatic carbocycles. The highest BCUT2D eigenvalue weighted by molar-refractivity contribution is 5.94. The number of hydrogen-bond acceptors (Lipinski definition) is 5. The molecule has 0 aliphatic rings. The number of halogens is 3. The zero-order valence-electron chi connectivity index (χ0n) is 17.7. The van der Waals surface area contributed by atoms with E-state index in [9.17, 15) is 18.0 Å². The number of carbonyl (C=O) groups excluding carboxylic acids is 1. The lowest BCUT2D eigenvalue weighted by molar-refractivity contribution is -0.176. The molecule has 0 aliphatic heterocycles. The van der Waals surface area contributed by atoms with Crippen molar-refractivity contribution in [1.82, 2.24) is 10.5 Å². The van der Waals surface area contributed by atoms with Gasteiger partial charge in [-0.25, -0.2) is 0 Å². The van der Waals surface area contributed by atoms with E-state index in [2.05, 4.69) is 15.2 Å². The molecule has 1 N–H and O–H groups in total. The monoisotopic (exact) mass is 448 g/mol. The second kappa shape index (κ2) is 10.3. The van der Waals surface area contributed by atoms with Gasteiger partial charge in [-0.05, 0) is 43.2 Å². The number of hydrogen-bond donors (Lipinski definition) is 1. The van der Waals surface area contributed by atoms with Crippen molar-refractivity contribution in [1.29, 1.82) is 0 Å². The molecule has 32 heavy (non-hydrogen) atoms. The molecule has 0 bridgehead atoms. The number of rotatable bonds is 9. The normalized spacial score (nSPS) is 11.4. The van der Waals surface area contributed by atoms with Crippen molar-refractivity contribution in [3.63, 3.8) is 0 Å². The number of nitrogens with zero attached hydrogens (tertiary/aromatic N) is 1. The molecule has 1 aromatic heterocycles. The van der Waals surface area contributed by atoms with E-state index >= 15 is 0 Å². The number of alkyl halides is 3. The fourth-order valence-electron chi connectivity index (χ4n) is 2.91. The third-order valence-electron chi connectivity index (χ3n) is 4.67. The summed E-state index contributed by atoms with van der Waals surface area (Å²) in [5, 5.41) is 6.70. The van der Waals surface area contributed by atoms with E-state index in [0.29, 0.717) is 22.6 Å². The second-order valence-electron chi connectivity index (χ2n) is 7.23. The van der Waals surface area contributed by atoms with Crippen LogP contribution in [0.2, 0.25) is 0 Å². The minimum Gasteiger partial charge on any atom is -0.489 e. The minimum atomic E-state index is -4.35. The Labute approximate surface area is 183 Å². The lowest BCUT2D eigenvalue weighted by atomic mass is 10.1. The molecule has 0 unspecified atom stereocenters. The summed E-state index contributed by atoms with van der Waals surface area (Å²) >= 11 is 0. The van der Waals surface area contributed by atoms with Crippen molar-refractivity contribution in [2.45, 2.75) is 39.8 Å². The maximum Gasteiger partial charge on any atom is 0.411 e. The Bertz CT molecular complexity index is 1030. The Morgan fingerprint density at radius 1 is 1.06 bits per heavy atom. The van der Waals surface area contributed by atoms with Gasteiger partial charge in [0.2, 0.25) is 0 Å². The predicted octanol–water partition coefficient (Wildman–Crippen LogP) is 4.88. The first-order chi connectivity index (χ1) is 15.2. The van der Waals surface area contributed by atoms with Crippen LogP contribution >= 0.6 is 0 Å². The molecule has 0 aliphatic carbocycles. The van der Waals surface area contributed by atoms with Crippen LogP contribution in [-0.4, -0.2) is 23.8 Å². The molecule has 9 heteroatoms. The number of ether oxygens (including phenoxy) is 2. The molecule has 1 amide bonds. The fraction of sp³-hybridized carbons (Fsp3) is 0.304. The van der Waals surface area contributed by atoms with Crippen LogP contribution in [0.5, 0.6) is 5.75 Å². The molecular formula is C23H23F3N2O4. The van der Waals surface area contributed by atoms with E-state index in [1.54, 1.807) is 48.5 Å². The van der Waals surface area contributed by atoms with Crippen LogP contribution in [-0.2, 0) is 24.5 Å². The third-order valence-corrected chi connectivity index (χ3v) is 4.67. The van der Waals surface area contributed by atoms with E-state index in [-0.39, 0.29) is 25.7 Å². The lowest BCUT2D eigenvalue weighted by Gasteiger charge is -2.10. The first kappa shape index (κ1) is 23.3. The molecule has 0 atom stereocenters. The molecule has 3 aromatic rings. The maximum atomic E-state index is 12.5. The smallest absolute Gasteiger partial charge is 0.411 e. The average Bonchev–Trinajstić information content (AvgIpc) is 3.08. The van der Waals surface area contributed by atoms with Crippen molar-refractivity contribution in [3.05, 3.63) is 82.2 Å². The summed E-state index contributed by atoms with van der Waals surface area (Å²) in [7, 11) is 0. The van der Waals surface area contributed by atoms with Gasteiger partial charge in [0.25, 0.3) is 5.91 Å². The highest BCUT2D eigenvalue weighted by Crippen LogP contribution is 2.19. The number of carbonyl (C=O) groups is 1. The van der Waals surface area contributed by atoms with E-state index in [0.717, 1.165) is 16.8 Å². The summed E-state index contributed by atoms with van der Waals surface area (Å²) in [6, 6.07) is 13.6. The van der Waals surface area contributed by atoms with Gasteiger partial charge in [-0.2, -0.15) is 13.2 Å². The number of aromatic nitrogens is 1. The minimum absolute atomic E-state index is 0.132. The molecule has 3 rings (SSSR count). The molecule has 0 radical (unpaired) electrons. The van der Waals surface area contributed by atoms with Gasteiger partial charge < -0.3 is 19.3 Å². The SMILES string of the molecule is Cc1noc(C)c1COc1cccc(C(=O)NCc2ccc(COCC(F)(F)F)cc2)c1. The molecule has 6 nitrogen and oxygen atoms in total. The zero-order valence-corrected chi connectivity index (χ0v) is 17.7. The van der Waals surface area contributed by atoms with Crippen molar-refractivity contribution < 1.29 is 32.0 Å². The Hall–Kier alpha value is -3.33. The van der Waals surface area contributed by atoms with Crippen LogP contribution in [0.15, 0.2) is 53.1 Å². The highest BCUT2D eigenvalue weighted by Gasteiger charge is 2.27. The Morgan fingerprint density at radius 3 is 2.44 bits per heavy atom. The summed E-state index contributed by atoms with van der Waals surface area (Å²) in [6.07, 6.45) is -4.35. The van der Waals surface area contributed by atoms with Crippen LogP contribution in [0, 0.1) is 13.8 Å². The molecule has 0 saturated carbocycles. The Balaban J connectivity index is 1.50. The van der Waals surface area contributed by atoms with Gasteiger partial charge in [0, 0.05) is 12.1 Å². The van der Waals surface area contributed by atoms with Gasteiger partial charge in [0.05, 0.1) is 17.9 Å². The van der Waals surface area contributed by atoms with Crippen LogP contribution in [0.4, 0.5) is 13.2 Å². The largest absolute Gasteiger partial charge is 0.489 e. The molecule has 1 heterocycles. The summed E-state index contributed by atoms with van der Waals surface area (Å²) in [5.74, 6) is 0.959. The van der Waals surface area contributed by atoms with E-state index in [1.807, 2.05) is 13.8 Å². The first-order valence-corrected chi connectivity index (χ1v) is 9.86.